The molecule has 0 radical (unpaired) electrons. The second kappa shape index (κ2) is 9.82. The Morgan fingerprint density at radius 3 is 2.23 bits per heavy atom. The van der Waals surface area contributed by atoms with Crippen molar-refractivity contribution in [1.82, 2.24) is 0 Å². The van der Waals surface area contributed by atoms with E-state index in [1.165, 1.54) is 37.3 Å². The molecule has 1 atom stereocenters. The molecule has 1 saturated heterocycles. The van der Waals surface area contributed by atoms with E-state index in [-0.39, 0.29) is 32.7 Å². The van der Waals surface area contributed by atoms with E-state index in [2.05, 4.69) is 0 Å². The average molecular weight is 533 g/mol. The van der Waals surface area contributed by atoms with Crippen molar-refractivity contribution in [3.05, 3.63) is 91.9 Å². The summed E-state index contributed by atoms with van der Waals surface area (Å²) in [5, 5.41) is 12.2. The van der Waals surface area contributed by atoms with E-state index in [1.807, 2.05) is 25.1 Å². The summed E-state index contributed by atoms with van der Waals surface area (Å²) in [4.78, 5) is 28.0. The van der Waals surface area contributed by atoms with Crippen LogP contribution in [0, 0.1) is 6.92 Å². The van der Waals surface area contributed by atoms with Gasteiger partial charge in [0, 0.05) is 11.8 Å². The Balaban J connectivity index is 2.01. The predicted molar refractivity (Wildman–Crippen MR) is 137 cm³/mol. The number of halogens is 3. The summed E-state index contributed by atoms with van der Waals surface area (Å²) in [6, 6.07) is 13.9. The van der Waals surface area contributed by atoms with Gasteiger partial charge in [-0.2, -0.15) is 0 Å². The number of amides is 1. The Bertz CT molecular complexity index is 1390. The number of aliphatic hydroxyl groups is 1. The lowest BCUT2D eigenvalue weighted by Gasteiger charge is -2.26. The molecular weight excluding hydrogens is 513 g/mol. The van der Waals surface area contributed by atoms with Gasteiger partial charge in [0.2, 0.25) is 0 Å². The molecule has 1 N–H and O–H groups in total. The lowest BCUT2D eigenvalue weighted by molar-refractivity contribution is -0.132. The number of Topliss-reactive ketones (excluding diaryl/α,β-unsaturated/α-hetero) is 1. The van der Waals surface area contributed by atoms with Crippen molar-refractivity contribution in [3.8, 4) is 11.5 Å². The zero-order valence-corrected chi connectivity index (χ0v) is 21.2. The highest BCUT2D eigenvalue weighted by molar-refractivity contribution is 6.52. The van der Waals surface area contributed by atoms with Gasteiger partial charge in [0.15, 0.2) is 0 Å². The number of ketones is 1. The first-order valence-corrected chi connectivity index (χ1v) is 11.6. The van der Waals surface area contributed by atoms with Gasteiger partial charge in [-0.05, 0) is 36.8 Å². The zero-order chi connectivity index (χ0) is 25.4. The molecule has 1 aliphatic heterocycles. The number of anilines is 1. The maximum atomic E-state index is 13.4. The van der Waals surface area contributed by atoms with E-state index in [0.717, 1.165) is 5.56 Å². The van der Waals surface area contributed by atoms with E-state index in [9.17, 15) is 14.7 Å². The Morgan fingerprint density at radius 1 is 0.886 bits per heavy atom. The van der Waals surface area contributed by atoms with Crippen LogP contribution in [0.25, 0.3) is 5.76 Å². The highest BCUT2D eigenvalue weighted by Crippen LogP contribution is 2.45. The van der Waals surface area contributed by atoms with E-state index in [0.29, 0.717) is 16.3 Å². The normalized spacial score (nSPS) is 17.1. The molecule has 3 aromatic carbocycles. The van der Waals surface area contributed by atoms with Crippen LogP contribution in [0.2, 0.25) is 15.1 Å². The first kappa shape index (κ1) is 24.9. The minimum absolute atomic E-state index is 0.116. The maximum absolute atomic E-state index is 13.4. The van der Waals surface area contributed by atoms with Gasteiger partial charge in [0.1, 0.15) is 17.3 Å². The van der Waals surface area contributed by atoms with Gasteiger partial charge in [-0.25, -0.2) is 0 Å². The number of ether oxygens (including phenoxy) is 2. The fourth-order valence-corrected chi connectivity index (χ4v) is 4.60. The number of hydrogen-bond acceptors (Lipinski definition) is 5. The summed E-state index contributed by atoms with van der Waals surface area (Å²) in [7, 11) is 2.83. The maximum Gasteiger partial charge on any atom is 0.300 e. The van der Waals surface area contributed by atoms with Crippen molar-refractivity contribution in [3.63, 3.8) is 0 Å². The number of rotatable bonds is 5. The van der Waals surface area contributed by atoms with Gasteiger partial charge in [0.05, 0.1) is 46.5 Å². The van der Waals surface area contributed by atoms with Gasteiger partial charge in [-0.15, -0.1) is 0 Å². The first-order chi connectivity index (χ1) is 16.7. The second-order valence-electron chi connectivity index (χ2n) is 7.87. The summed E-state index contributed by atoms with van der Waals surface area (Å²) in [5.74, 6) is -1.64. The first-order valence-electron chi connectivity index (χ1n) is 10.4. The molecule has 0 bridgehead atoms. The average Bonchev–Trinajstić information content (AvgIpc) is 3.10. The molecule has 0 saturated carbocycles. The number of carbonyl (C=O) groups is 2. The summed E-state index contributed by atoms with van der Waals surface area (Å²) in [5.41, 5.74) is 1.92. The van der Waals surface area contributed by atoms with Crippen LogP contribution in [0.1, 0.15) is 22.7 Å². The molecule has 35 heavy (non-hydrogen) atoms. The van der Waals surface area contributed by atoms with Gasteiger partial charge < -0.3 is 14.6 Å². The van der Waals surface area contributed by atoms with Crippen LogP contribution in [0.15, 0.2) is 60.2 Å². The van der Waals surface area contributed by atoms with Crippen molar-refractivity contribution < 1.29 is 24.2 Å². The molecule has 6 nitrogen and oxygen atoms in total. The summed E-state index contributed by atoms with van der Waals surface area (Å²) in [6.45, 7) is 1.89. The standard InChI is InChI=1S/C26H20Cl3NO5/c1-13-5-4-6-14(9-13)23-22(24(31)16-11-21(35-3)19(29)12-20(16)34-2)25(32)26(33)30(23)15-7-8-17(27)18(28)10-15/h4-12,23,31H,1-3H3/b24-22+. The Labute approximate surface area is 217 Å². The lowest BCUT2D eigenvalue weighted by atomic mass is 9.94. The number of benzene rings is 3. The van der Waals surface area contributed by atoms with Gasteiger partial charge in [0.25, 0.3) is 11.7 Å². The number of hydrogen-bond donors (Lipinski definition) is 1. The lowest BCUT2D eigenvalue weighted by Crippen LogP contribution is -2.29. The predicted octanol–water partition coefficient (Wildman–Crippen LogP) is 6.60. The molecule has 3 aromatic rings. The molecule has 0 spiro atoms. The number of aryl methyl sites for hydroxylation is 1. The van der Waals surface area contributed by atoms with Gasteiger partial charge in [-0.1, -0.05) is 64.6 Å². The minimum Gasteiger partial charge on any atom is -0.507 e. The van der Waals surface area contributed by atoms with E-state index >= 15 is 0 Å². The second-order valence-corrected chi connectivity index (χ2v) is 9.09. The minimum atomic E-state index is -0.946. The van der Waals surface area contributed by atoms with Crippen molar-refractivity contribution in [2.24, 2.45) is 0 Å². The van der Waals surface area contributed by atoms with Crippen LogP contribution in [0.3, 0.4) is 0 Å². The molecule has 0 aromatic heterocycles. The van der Waals surface area contributed by atoms with Crippen LogP contribution >= 0.6 is 34.8 Å². The SMILES string of the molecule is COc1cc(/C(O)=C2\C(=O)C(=O)N(c3ccc(Cl)c(Cl)c3)C2c2cccc(C)c2)c(OC)cc1Cl. The van der Waals surface area contributed by atoms with Crippen LogP contribution in [0.4, 0.5) is 5.69 Å². The third-order valence-corrected chi connectivity index (χ3v) is 6.75. The molecule has 1 heterocycles. The molecule has 1 unspecified atom stereocenters. The number of aliphatic hydroxyl groups excluding tert-OH is 1. The van der Waals surface area contributed by atoms with E-state index < -0.39 is 23.5 Å². The summed E-state index contributed by atoms with van der Waals surface area (Å²) >= 11 is 18.5. The highest BCUT2D eigenvalue weighted by atomic mass is 35.5. The van der Waals surface area contributed by atoms with Crippen molar-refractivity contribution in [2.75, 3.05) is 19.1 Å². The van der Waals surface area contributed by atoms with Crippen LogP contribution in [-0.2, 0) is 9.59 Å². The van der Waals surface area contributed by atoms with Crippen LogP contribution in [-0.4, -0.2) is 31.0 Å². The summed E-state index contributed by atoms with van der Waals surface area (Å²) in [6.07, 6.45) is 0. The molecule has 4 rings (SSSR count). The number of carbonyl (C=O) groups excluding carboxylic acids is 2. The van der Waals surface area contributed by atoms with E-state index in [1.54, 1.807) is 18.2 Å². The molecule has 1 amide bonds. The van der Waals surface area contributed by atoms with Crippen LogP contribution in [0.5, 0.6) is 11.5 Å². The molecular formula is C26H20Cl3NO5. The Hall–Kier alpha value is -3.19. The number of methoxy groups -OCH3 is 2. The Kier molecular flexibility index (Phi) is 6.99. The number of nitrogens with zero attached hydrogens (tertiary/aromatic N) is 1. The monoisotopic (exact) mass is 531 g/mol. The van der Waals surface area contributed by atoms with Crippen LogP contribution < -0.4 is 14.4 Å². The highest BCUT2D eigenvalue weighted by Gasteiger charge is 2.47. The third kappa shape index (κ3) is 4.45. The third-order valence-electron chi connectivity index (χ3n) is 5.71. The molecule has 0 aliphatic carbocycles. The topological polar surface area (TPSA) is 76.1 Å². The quantitative estimate of drug-likeness (QED) is 0.228. The molecule has 9 heteroatoms. The fourth-order valence-electron chi connectivity index (χ4n) is 4.08. The van der Waals surface area contributed by atoms with Crippen molar-refractivity contribution >= 4 is 57.9 Å². The fraction of sp³-hybridized carbons (Fsp3) is 0.154. The van der Waals surface area contributed by atoms with Crippen molar-refractivity contribution in [2.45, 2.75) is 13.0 Å². The molecule has 1 fully saturated rings. The molecule has 1 aliphatic rings. The van der Waals surface area contributed by atoms with Gasteiger partial charge in [-0.3, -0.25) is 14.5 Å². The smallest absolute Gasteiger partial charge is 0.300 e. The zero-order valence-electron chi connectivity index (χ0n) is 18.9. The van der Waals surface area contributed by atoms with Crippen molar-refractivity contribution in [1.29, 1.82) is 0 Å². The van der Waals surface area contributed by atoms with E-state index in [4.69, 9.17) is 44.3 Å². The summed E-state index contributed by atoms with van der Waals surface area (Å²) < 4.78 is 10.7. The molecule has 180 valence electrons. The van der Waals surface area contributed by atoms with Gasteiger partial charge >= 0.3 is 0 Å². The Morgan fingerprint density at radius 2 is 1.60 bits per heavy atom. The largest absolute Gasteiger partial charge is 0.507 e.